The molecule has 3 rings (SSSR count). The minimum atomic E-state index is -3.31. The Hall–Kier alpha value is -1.79. The van der Waals surface area contributed by atoms with Crippen LogP contribution in [0, 0.1) is 0 Å². The Kier molecular flexibility index (Phi) is 3.30. The van der Waals surface area contributed by atoms with Gasteiger partial charge in [0.1, 0.15) is 0 Å². The minimum Gasteiger partial charge on any atom is -0.279 e. The van der Waals surface area contributed by atoms with Crippen molar-refractivity contribution in [2.24, 2.45) is 0 Å². The van der Waals surface area contributed by atoms with Crippen molar-refractivity contribution in [3.8, 4) is 0 Å². The van der Waals surface area contributed by atoms with E-state index in [1.54, 1.807) is 23.1 Å². The maximum Gasteiger partial charge on any atom is 0.228 e. The normalized spacial score (nSPS) is 13.5. The molecule has 0 saturated heterocycles. The van der Waals surface area contributed by atoms with Crippen LogP contribution >= 0.6 is 11.8 Å². The zero-order valence-corrected chi connectivity index (χ0v) is 13.2. The highest BCUT2D eigenvalue weighted by atomic mass is 32.2. The van der Waals surface area contributed by atoms with Gasteiger partial charge in [-0.05, 0) is 30.3 Å². The van der Waals surface area contributed by atoms with E-state index in [2.05, 4.69) is 0 Å². The van der Waals surface area contributed by atoms with Gasteiger partial charge < -0.3 is 0 Å². The summed E-state index contributed by atoms with van der Waals surface area (Å²) in [7, 11) is -3.31. The summed E-state index contributed by atoms with van der Waals surface area (Å²) < 4.78 is 23.5. The first-order chi connectivity index (χ1) is 9.88. The number of hydrogen-bond acceptors (Lipinski definition) is 4. The van der Waals surface area contributed by atoms with E-state index in [0.717, 1.165) is 21.7 Å². The van der Waals surface area contributed by atoms with E-state index >= 15 is 0 Å². The largest absolute Gasteiger partial charge is 0.279 e. The quantitative estimate of drug-likeness (QED) is 0.810. The van der Waals surface area contributed by atoms with Crippen molar-refractivity contribution in [1.82, 2.24) is 0 Å². The fraction of sp³-hybridized carbons (Fsp3) is 0.133. The fourth-order valence-corrected chi connectivity index (χ4v) is 3.98. The molecule has 0 N–H and O–H groups in total. The van der Waals surface area contributed by atoms with Gasteiger partial charge in [-0.15, -0.1) is 0 Å². The Bertz CT molecular complexity index is 844. The summed E-state index contributed by atoms with van der Waals surface area (Å²) in [4.78, 5) is 15.7. The third-order valence-electron chi connectivity index (χ3n) is 3.24. The number of rotatable bonds is 1. The molecule has 0 unspecified atom stereocenters. The summed E-state index contributed by atoms with van der Waals surface area (Å²) in [6.07, 6.45) is 1.16. The van der Waals surface area contributed by atoms with Crippen molar-refractivity contribution in [2.45, 2.75) is 21.6 Å². The fourth-order valence-electron chi connectivity index (χ4n) is 2.30. The van der Waals surface area contributed by atoms with Gasteiger partial charge in [0.05, 0.1) is 16.3 Å². The van der Waals surface area contributed by atoms with Crippen LogP contribution in [0.3, 0.4) is 0 Å². The molecule has 1 heterocycles. The number of hydrogen-bond donors (Lipinski definition) is 0. The summed E-state index contributed by atoms with van der Waals surface area (Å²) in [6, 6.07) is 12.5. The number of nitrogens with zero attached hydrogens (tertiary/aromatic N) is 1. The van der Waals surface area contributed by atoms with Gasteiger partial charge in [-0.25, -0.2) is 8.42 Å². The average molecular weight is 319 g/mol. The van der Waals surface area contributed by atoms with Gasteiger partial charge in [-0.2, -0.15) is 0 Å². The lowest BCUT2D eigenvalue weighted by Gasteiger charge is -2.30. The molecule has 0 aromatic heterocycles. The van der Waals surface area contributed by atoms with Gasteiger partial charge >= 0.3 is 0 Å². The number of anilines is 2. The molecule has 0 fully saturated rings. The third-order valence-corrected chi connectivity index (χ3v) is 5.48. The molecule has 0 atom stereocenters. The second-order valence-corrected chi connectivity index (χ2v) is 7.93. The molecule has 2 aromatic carbocycles. The van der Waals surface area contributed by atoms with Gasteiger partial charge in [0.15, 0.2) is 9.84 Å². The van der Waals surface area contributed by atoms with E-state index in [1.807, 2.05) is 24.3 Å². The average Bonchev–Trinajstić information content (AvgIpc) is 2.42. The summed E-state index contributed by atoms with van der Waals surface area (Å²) in [5.74, 6) is -0.144. The van der Waals surface area contributed by atoms with Crippen molar-refractivity contribution in [3.05, 3.63) is 42.5 Å². The third kappa shape index (κ3) is 2.45. The predicted octanol–water partition coefficient (Wildman–Crippen LogP) is 3.24. The number of benzene rings is 2. The Labute approximate surface area is 127 Å². The van der Waals surface area contributed by atoms with E-state index in [4.69, 9.17) is 0 Å². The molecule has 1 amide bonds. The van der Waals surface area contributed by atoms with Crippen molar-refractivity contribution in [1.29, 1.82) is 0 Å². The highest BCUT2D eigenvalue weighted by molar-refractivity contribution is 7.99. The topological polar surface area (TPSA) is 54.5 Å². The molecule has 0 aliphatic carbocycles. The number of sulfone groups is 1. The first-order valence-corrected chi connectivity index (χ1v) is 9.00. The second kappa shape index (κ2) is 4.89. The van der Waals surface area contributed by atoms with Gasteiger partial charge in [-0.3, -0.25) is 9.69 Å². The number of carbonyl (C=O) groups excluding carboxylic acids is 1. The second-order valence-electron chi connectivity index (χ2n) is 4.83. The van der Waals surface area contributed by atoms with Gasteiger partial charge in [0.2, 0.25) is 5.91 Å². The predicted molar refractivity (Wildman–Crippen MR) is 82.9 cm³/mol. The number of fused-ring (bicyclic) bond motifs is 2. The summed E-state index contributed by atoms with van der Waals surface area (Å²) in [5.41, 5.74) is 1.40. The highest BCUT2D eigenvalue weighted by Gasteiger charge is 2.27. The van der Waals surface area contributed by atoms with Crippen LogP contribution in [-0.4, -0.2) is 20.6 Å². The molecule has 0 bridgehead atoms. The SMILES string of the molecule is CC(=O)N1c2ccccc2Sc2ccc(S(C)(=O)=O)cc21. The molecular weight excluding hydrogens is 306 g/mol. The van der Waals surface area contributed by atoms with Crippen LogP contribution in [0.1, 0.15) is 6.92 Å². The Morgan fingerprint density at radius 3 is 2.38 bits per heavy atom. The minimum absolute atomic E-state index is 0.144. The van der Waals surface area contributed by atoms with Crippen molar-refractivity contribution in [2.75, 3.05) is 11.2 Å². The van der Waals surface area contributed by atoms with Crippen LogP contribution in [0.25, 0.3) is 0 Å². The molecule has 108 valence electrons. The zero-order chi connectivity index (χ0) is 15.2. The van der Waals surface area contributed by atoms with E-state index in [1.165, 1.54) is 18.7 Å². The monoisotopic (exact) mass is 319 g/mol. The maximum atomic E-state index is 12.1. The van der Waals surface area contributed by atoms with Crippen molar-refractivity contribution < 1.29 is 13.2 Å². The van der Waals surface area contributed by atoms with Crippen molar-refractivity contribution in [3.63, 3.8) is 0 Å². The lowest BCUT2D eigenvalue weighted by molar-refractivity contribution is -0.115. The van der Waals surface area contributed by atoms with E-state index in [0.29, 0.717) is 5.69 Å². The molecular formula is C15H13NO3S2. The molecule has 21 heavy (non-hydrogen) atoms. The smallest absolute Gasteiger partial charge is 0.228 e. The lowest BCUT2D eigenvalue weighted by Crippen LogP contribution is -2.25. The molecule has 0 radical (unpaired) electrons. The molecule has 1 aliphatic rings. The molecule has 0 saturated carbocycles. The van der Waals surface area contributed by atoms with Gasteiger partial charge in [0.25, 0.3) is 0 Å². The lowest BCUT2D eigenvalue weighted by atomic mass is 10.2. The molecule has 4 nitrogen and oxygen atoms in total. The van der Waals surface area contributed by atoms with Gasteiger partial charge in [0, 0.05) is 23.0 Å². The first-order valence-electron chi connectivity index (χ1n) is 6.29. The maximum absolute atomic E-state index is 12.1. The summed E-state index contributed by atoms with van der Waals surface area (Å²) >= 11 is 1.53. The van der Waals surface area contributed by atoms with Crippen LogP contribution in [0.4, 0.5) is 11.4 Å². The highest BCUT2D eigenvalue weighted by Crippen LogP contribution is 2.48. The van der Waals surface area contributed by atoms with Gasteiger partial charge in [-0.1, -0.05) is 23.9 Å². The summed E-state index contributed by atoms with van der Waals surface area (Å²) in [5, 5.41) is 0. The van der Waals surface area contributed by atoms with Crippen LogP contribution in [0.15, 0.2) is 57.2 Å². The molecule has 1 aliphatic heterocycles. The van der Waals surface area contributed by atoms with Crippen LogP contribution in [0.2, 0.25) is 0 Å². The molecule has 6 heteroatoms. The van der Waals surface area contributed by atoms with E-state index in [9.17, 15) is 13.2 Å². The zero-order valence-electron chi connectivity index (χ0n) is 11.5. The molecule has 0 spiro atoms. The first kappa shape index (κ1) is 14.2. The Balaban J connectivity index is 2.24. The van der Waals surface area contributed by atoms with Crippen LogP contribution in [0.5, 0.6) is 0 Å². The number of amides is 1. The summed E-state index contributed by atoms with van der Waals surface area (Å²) in [6.45, 7) is 1.48. The number of carbonyl (C=O) groups is 1. The van der Waals surface area contributed by atoms with Crippen LogP contribution < -0.4 is 4.90 Å². The van der Waals surface area contributed by atoms with Crippen LogP contribution in [-0.2, 0) is 14.6 Å². The standard InChI is InChI=1S/C15H13NO3S2/c1-10(17)16-12-5-3-4-6-14(12)20-15-8-7-11(9-13(15)16)21(2,18)19/h3-9H,1-2H3. The van der Waals surface area contributed by atoms with E-state index in [-0.39, 0.29) is 10.8 Å². The van der Waals surface area contributed by atoms with E-state index < -0.39 is 9.84 Å². The molecule has 2 aromatic rings. The Morgan fingerprint density at radius 1 is 1.05 bits per heavy atom. The number of para-hydroxylation sites is 1. The van der Waals surface area contributed by atoms with Crippen molar-refractivity contribution >= 4 is 38.9 Å². The Morgan fingerprint density at radius 2 is 1.71 bits per heavy atom.